The SMILES string of the molecule is N#CCc1ccc(S)c2cc(F)sc12. The lowest BCUT2D eigenvalue weighted by Gasteiger charge is -1.99. The minimum absolute atomic E-state index is 0.235. The summed E-state index contributed by atoms with van der Waals surface area (Å²) in [7, 11) is 0. The molecule has 0 atom stereocenters. The number of thiophene rings is 1. The number of benzene rings is 1. The molecule has 1 aromatic carbocycles. The molecule has 0 radical (unpaired) electrons. The first-order chi connectivity index (χ1) is 6.72. The summed E-state index contributed by atoms with van der Waals surface area (Å²) in [4.78, 5) is 0.752. The number of nitriles is 1. The molecule has 0 aliphatic carbocycles. The molecule has 0 saturated carbocycles. The molecular formula is C10H6FNS2. The predicted octanol–water partition coefficient (Wildman–Crippen LogP) is 3.40. The Hall–Kier alpha value is -1.05. The van der Waals surface area contributed by atoms with E-state index in [-0.39, 0.29) is 5.13 Å². The van der Waals surface area contributed by atoms with Gasteiger partial charge in [-0.15, -0.1) is 24.0 Å². The summed E-state index contributed by atoms with van der Waals surface area (Å²) < 4.78 is 13.9. The Bertz CT molecular complexity index is 525. The Morgan fingerprint density at radius 1 is 1.50 bits per heavy atom. The van der Waals surface area contributed by atoms with Gasteiger partial charge in [0.25, 0.3) is 0 Å². The van der Waals surface area contributed by atoms with E-state index in [1.807, 2.05) is 6.07 Å². The molecule has 1 aromatic heterocycles. The van der Waals surface area contributed by atoms with E-state index in [1.54, 1.807) is 6.07 Å². The second-order valence-corrected chi connectivity index (χ2v) is 4.36. The van der Waals surface area contributed by atoms with Crippen LogP contribution in [0.3, 0.4) is 0 Å². The third-order valence-corrected chi connectivity index (χ3v) is 3.37. The maximum atomic E-state index is 13.0. The molecule has 14 heavy (non-hydrogen) atoms. The van der Waals surface area contributed by atoms with E-state index in [0.717, 1.165) is 31.9 Å². The summed E-state index contributed by atoms with van der Waals surface area (Å²) in [6.45, 7) is 0. The van der Waals surface area contributed by atoms with Gasteiger partial charge in [-0.2, -0.15) is 9.65 Å². The fourth-order valence-corrected chi connectivity index (χ4v) is 2.61. The Kier molecular flexibility index (Phi) is 2.44. The molecule has 0 spiro atoms. The zero-order chi connectivity index (χ0) is 10.1. The molecular weight excluding hydrogens is 217 g/mol. The first-order valence-electron chi connectivity index (χ1n) is 3.99. The highest BCUT2D eigenvalue weighted by atomic mass is 32.1. The summed E-state index contributed by atoms with van der Waals surface area (Å²) in [5, 5.41) is 9.16. The van der Waals surface area contributed by atoms with Crippen molar-refractivity contribution in [3.63, 3.8) is 0 Å². The number of nitrogens with zero attached hydrogens (tertiary/aromatic N) is 1. The quantitative estimate of drug-likeness (QED) is 0.736. The Morgan fingerprint density at radius 2 is 2.29 bits per heavy atom. The third kappa shape index (κ3) is 1.49. The summed E-state index contributed by atoms with van der Waals surface area (Å²) in [6, 6.07) is 7.14. The van der Waals surface area contributed by atoms with Crippen molar-refractivity contribution in [2.24, 2.45) is 0 Å². The summed E-state index contributed by atoms with van der Waals surface area (Å²) in [5.41, 5.74) is 0.870. The Morgan fingerprint density at radius 3 is 3.00 bits per heavy atom. The van der Waals surface area contributed by atoms with E-state index in [4.69, 9.17) is 5.26 Å². The standard InChI is InChI=1S/C10H6FNS2/c11-9-5-7-8(13)2-1-6(3-4-12)10(7)14-9/h1-2,5,13H,3H2. The number of fused-ring (bicyclic) bond motifs is 1. The van der Waals surface area contributed by atoms with Gasteiger partial charge >= 0.3 is 0 Å². The third-order valence-electron chi connectivity index (χ3n) is 1.98. The van der Waals surface area contributed by atoms with Crippen molar-refractivity contribution in [2.75, 3.05) is 0 Å². The van der Waals surface area contributed by atoms with Crippen molar-refractivity contribution in [1.29, 1.82) is 5.26 Å². The van der Waals surface area contributed by atoms with Crippen molar-refractivity contribution in [1.82, 2.24) is 0 Å². The summed E-state index contributed by atoms with van der Waals surface area (Å²) in [6.07, 6.45) is 0.310. The van der Waals surface area contributed by atoms with E-state index < -0.39 is 0 Å². The fraction of sp³-hybridized carbons (Fsp3) is 0.100. The van der Waals surface area contributed by atoms with Crippen LogP contribution in [0.25, 0.3) is 10.1 Å². The van der Waals surface area contributed by atoms with Gasteiger partial charge in [0.2, 0.25) is 0 Å². The fourth-order valence-electron chi connectivity index (χ4n) is 1.36. The van der Waals surface area contributed by atoms with Crippen molar-refractivity contribution in [3.05, 3.63) is 28.9 Å². The van der Waals surface area contributed by atoms with E-state index in [9.17, 15) is 4.39 Å². The van der Waals surface area contributed by atoms with Crippen LogP contribution >= 0.6 is 24.0 Å². The maximum absolute atomic E-state index is 13.0. The van der Waals surface area contributed by atoms with Crippen molar-refractivity contribution >= 4 is 34.1 Å². The lowest BCUT2D eigenvalue weighted by molar-refractivity contribution is 0.658. The largest absolute Gasteiger partial charge is 0.198 e. The average molecular weight is 223 g/mol. The highest BCUT2D eigenvalue weighted by molar-refractivity contribution is 7.80. The molecule has 0 saturated heterocycles. The highest BCUT2D eigenvalue weighted by Gasteiger charge is 2.08. The topological polar surface area (TPSA) is 23.8 Å². The van der Waals surface area contributed by atoms with Crippen LogP contribution in [0, 0.1) is 16.5 Å². The Balaban J connectivity index is 2.75. The number of rotatable bonds is 1. The molecule has 0 N–H and O–H groups in total. The van der Waals surface area contributed by atoms with Gasteiger partial charge in [0.15, 0.2) is 5.13 Å². The van der Waals surface area contributed by atoms with Crippen molar-refractivity contribution in [3.8, 4) is 6.07 Å². The van der Waals surface area contributed by atoms with E-state index in [1.165, 1.54) is 6.07 Å². The minimum Gasteiger partial charge on any atom is -0.198 e. The molecule has 70 valence electrons. The number of thiol groups is 1. The van der Waals surface area contributed by atoms with Crippen LogP contribution in [-0.2, 0) is 6.42 Å². The van der Waals surface area contributed by atoms with Gasteiger partial charge in [0.1, 0.15) is 0 Å². The van der Waals surface area contributed by atoms with Gasteiger partial charge < -0.3 is 0 Å². The Labute approximate surface area is 90.2 Å². The number of hydrogen-bond acceptors (Lipinski definition) is 3. The smallest absolute Gasteiger partial charge is 0.177 e. The van der Waals surface area contributed by atoms with Crippen LogP contribution in [0.2, 0.25) is 0 Å². The molecule has 0 amide bonds. The van der Waals surface area contributed by atoms with Crippen LogP contribution in [0.1, 0.15) is 5.56 Å². The van der Waals surface area contributed by atoms with Gasteiger partial charge in [-0.1, -0.05) is 6.07 Å². The van der Waals surface area contributed by atoms with E-state index in [2.05, 4.69) is 18.7 Å². The average Bonchev–Trinajstić information content (AvgIpc) is 2.53. The van der Waals surface area contributed by atoms with Gasteiger partial charge in [0.05, 0.1) is 12.5 Å². The minimum atomic E-state index is -0.235. The molecule has 0 unspecified atom stereocenters. The molecule has 4 heteroatoms. The highest BCUT2D eigenvalue weighted by Crippen LogP contribution is 2.32. The monoisotopic (exact) mass is 223 g/mol. The van der Waals surface area contributed by atoms with Crippen molar-refractivity contribution in [2.45, 2.75) is 11.3 Å². The predicted molar refractivity (Wildman–Crippen MR) is 58.4 cm³/mol. The second-order valence-electron chi connectivity index (χ2n) is 2.87. The maximum Gasteiger partial charge on any atom is 0.177 e. The molecule has 2 rings (SSSR count). The first kappa shape index (κ1) is 9.50. The van der Waals surface area contributed by atoms with Crippen molar-refractivity contribution < 1.29 is 4.39 Å². The van der Waals surface area contributed by atoms with E-state index in [0.29, 0.717) is 6.42 Å². The van der Waals surface area contributed by atoms with Crippen LogP contribution in [0.15, 0.2) is 23.1 Å². The zero-order valence-electron chi connectivity index (χ0n) is 7.12. The van der Waals surface area contributed by atoms with Gasteiger partial charge in [-0.05, 0) is 17.7 Å². The van der Waals surface area contributed by atoms with E-state index >= 15 is 0 Å². The molecule has 0 bridgehead atoms. The molecule has 2 aromatic rings. The number of halogens is 1. The molecule has 0 fully saturated rings. The van der Waals surface area contributed by atoms with Gasteiger partial charge in [-0.25, -0.2) is 0 Å². The molecule has 1 nitrogen and oxygen atoms in total. The lowest BCUT2D eigenvalue weighted by Crippen LogP contribution is -1.81. The molecule has 0 aliphatic rings. The lowest BCUT2D eigenvalue weighted by atomic mass is 10.1. The number of hydrogen-bond donors (Lipinski definition) is 1. The normalized spacial score (nSPS) is 10.4. The molecule has 1 heterocycles. The van der Waals surface area contributed by atoms with Crippen LogP contribution in [0.4, 0.5) is 4.39 Å². The molecule has 0 aliphatic heterocycles. The van der Waals surface area contributed by atoms with Crippen LogP contribution < -0.4 is 0 Å². The second kappa shape index (κ2) is 3.60. The summed E-state index contributed by atoms with van der Waals surface area (Å²) >= 11 is 5.30. The van der Waals surface area contributed by atoms with Gasteiger partial charge in [0, 0.05) is 15.0 Å². The zero-order valence-corrected chi connectivity index (χ0v) is 8.83. The summed E-state index contributed by atoms with van der Waals surface area (Å²) in [5.74, 6) is 0. The van der Waals surface area contributed by atoms with Crippen LogP contribution in [-0.4, -0.2) is 0 Å². The van der Waals surface area contributed by atoms with Crippen LogP contribution in [0.5, 0.6) is 0 Å². The van der Waals surface area contributed by atoms with Gasteiger partial charge in [-0.3, -0.25) is 0 Å². The first-order valence-corrected chi connectivity index (χ1v) is 5.25.